The number of fused-ring (bicyclic) bond motifs is 1. The van der Waals surface area contributed by atoms with E-state index in [2.05, 4.69) is 18.3 Å². The summed E-state index contributed by atoms with van der Waals surface area (Å²) >= 11 is 6.81. The van der Waals surface area contributed by atoms with E-state index in [9.17, 15) is 0 Å². The zero-order valence-electron chi connectivity index (χ0n) is 11.4. The molecule has 2 aromatic rings. The molecule has 20 heavy (non-hydrogen) atoms. The Balaban J connectivity index is 1.84. The number of thiophene rings is 1. The van der Waals surface area contributed by atoms with Gasteiger partial charge in [-0.1, -0.05) is 0 Å². The summed E-state index contributed by atoms with van der Waals surface area (Å²) in [6, 6.07) is 8.24. The number of methoxy groups -OCH3 is 1. The van der Waals surface area contributed by atoms with Gasteiger partial charge in [0.25, 0.3) is 0 Å². The molecule has 0 amide bonds. The zero-order valence-corrected chi connectivity index (χ0v) is 13.0. The number of hydrogen-bond acceptors (Lipinski definition) is 5. The van der Waals surface area contributed by atoms with Crippen molar-refractivity contribution in [2.75, 3.05) is 19.0 Å². The largest absolute Gasteiger partial charge is 0.493 e. The lowest BCUT2D eigenvalue weighted by Crippen LogP contribution is -1.95. The molecule has 0 atom stereocenters. The third kappa shape index (κ3) is 2.51. The Labute approximate surface area is 127 Å². The SMILES string of the molecule is COC(=S)c1cc(Nc2ccc3c(c2)CCO3)c(C)s1. The van der Waals surface area contributed by atoms with E-state index in [4.69, 9.17) is 21.7 Å². The van der Waals surface area contributed by atoms with Crippen LogP contribution in [0.25, 0.3) is 0 Å². The Morgan fingerprint density at radius 2 is 2.25 bits per heavy atom. The van der Waals surface area contributed by atoms with Crippen molar-refractivity contribution < 1.29 is 9.47 Å². The van der Waals surface area contributed by atoms with Crippen LogP contribution in [-0.2, 0) is 11.2 Å². The van der Waals surface area contributed by atoms with E-state index >= 15 is 0 Å². The van der Waals surface area contributed by atoms with Crippen molar-refractivity contribution in [1.29, 1.82) is 0 Å². The van der Waals surface area contributed by atoms with Gasteiger partial charge in [-0.25, -0.2) is 0 Å². The molecule has 0 fully saturated rings. The number of anilines is 2. The Morgan fingerprint density at radius 1 is 1.40 bits per heavy atom. The van der Waals surface area contributed by atoms with E-state index in [0.717, 1.165) is 35.0 Å². The second-order valence-electron chi connectivity index (χ2n) is 4.62. The van der Waals surface area contributed by atoms with Crippen molar-refractivity contribution in [3.63, 3.8) is 0 Å². The summed E-state index contributed by atoms with van der Waals surface area (Å²) in [6.07, 6.45) is 0.979. The summed E-state index contributed by atoms with van der Waals surface area (Å²) in [5.74, 6) is 0.999. The minimum Gasteiger partial charge on any atom is -0.493 e. The van der Waals surface area contributed by atoms with E-state index in [0.29, 0.717) is 5.05 Å². The molecule has 0 radical (unpaired) electrons. The lowest BCUT2D eigenvalue weighted by Gasteiger charge is -2.07. The molecule has 0 saturated carbocycles. The van der Waals surface area contributed by atoms with E-state index < -0.39 is 0 Å². The molecule has 5 heteroatoms. The average Bonchev–Trinajstić information content (AvgIpc) is 3.05. The Bertz CT molecular complexity index is 664. The first-order chi connectivity index (χ1) is 9.67. The van der Waals surface area contributed by atoms with E-state index in [1.54, 1.807) is 18.4 Å². The summed E-state index contributed by atoms with van der Waals surface area (Å²) in [7, 11) is 1.60. The van der Waals surface area contributed by atoms with Gasteiger partial charge in [0.2, 0.25) is 5.05 Å². The van der Waals surface area contributed by atoms with Gasteiger partial charge in [-0.15, -0.1) is 11.3 Å². The fourth-order valence-electron chi connectivity index (χ4n) is 2.23. The normalized spacial score (nSPS) is 12.7. The van der Waals surface area contributed by atoms with Crippen LogP contribution in [0.3, 0.4) is 0 Å². The highest BCUT2D eigenvalue weighted by molar-refractivity contribution is 7.80. The maximum absolute atomic E-state index is 5.52. The Hall–Kier alpha value is -1.59. The predicted octanol–water partition coefficient (Wildman–Crippen LogP) is 4.06. The van der Waals surface area contributed by atoms with Crippen LogP contribution in [0.2, 0.25) is 0 Å². The van der Waals surface area contributed by atoms with Gasteiger partial charge in [0.15, 0.2) is 0 Å². The van der Waals surface area contributed by atoms with E-state index in [-0.39, 0.29) is 0 Å². The van der Waals surface area contributed by atoms with Crippen molar-refractivity contribution in [2.24, 2.45) is 0 Å². The summed E-state index contributed by atoms with van der Waals surface area (Å²) in [5, 5.41) is 3.98. The van der Waals surface area contributed by atoms with Gasteiger partial charge in [0, 0.05) is 17.0 Å². The van der Waals surface area contributed by atoms with Gasteiger partial charge in [-0.3, -0.25) is 0 Å². The third-order valence-corrected chi connectivity index (χ3v) is 4.84. The number of hydrogen-bond donors (Lipinski definition) is 1. The number of thiocarbonyl (C=S) groups is 1. The molecular formula is C15H15NO2S2. The van der Waals surface area contributed by atoms with Gasteiger partial charge in [0.05, 0.1) is 24.3 Å². The molecule has 1 aliphatic rings. The van der Waals surface area contributed by atoms with Crippen LogP contribution in [0.1, 0.15) is 15.3 Å². The molecule has 104 valence electrons. The second-order valence-corrected chi connectivity index (χ2v) is 6.25. The van der Waals surface area contributed by atoms with Crippen molar-refractivity contribution in [2.45, 2.75) is 13.3 Å². The van der Waals surface area contributed by atoms with Gasteiger partial charge in [-0.05, 0) is 49.0 Å². The van der Waals surface area contributed by atoms with Crippen LogP contribution in [0.5, 0.6) is 5.75 Å². The standard InChI is InChI=1S/C15H15NO2S2/c1-9-12(8-14(20-9)15(19)17-2)16-11-3-4-13-10(7-11)5-6-18-13/h3-4,7-8,16H,5-6H2,1-2H3. The highest BCUT2D eigenvalue weighted by Crippen LogP contribution is 2.33. The Kier molecular flexibility index (Phi) is 3.63. The second kappa shape index (κ2) is 5.42. The van der Waals surface area contributed by atoms with Gasteiger partial charge in [-0.2, -0.15) is 0 Å². The molecular weight excluding hydrogens is 290 g/mol. The molecule has 0 saturated heterocycles. The molecule has 1 aliphatic heterocycles. The summed E-state index contributed by atoms with van der Waals surface area (Å²) in [4.78, 5) is 2.17. The van der Waals surface area contributed by atoms with Crippen LogP contribution in [-0.4, -0.2) is 18.8 Å². The van der Waals surface area contributed by atoms with Crippen LogP contribution in [0.4, 0.5) is 11.4 Å². The predicted molar refractivity (Wildman–Crippen MR) is 86.7 cm³/mol. The first-order valence-electron chi connectivity index (χ1n) is 6.39. The fraction of sp³-hybridized carbons (Fsp3) is 0.267. The van der Waals surface area contributed by atoms with Gasteiger partial charge >= 0.3 is 0 Å². The number of aryl methyl sites for hydroxylation is 1. The first-order valence-corrected chi connectivity index (χ1v) is 7.61. The minimum absolute atomic E-state index is 0.536. The maximum Gasteiger partial charge on any atom is 0.201 e. The van der Waals surface area contributed by atoms with Gasteiger partial charge in [0.1, 0.15) is 5.75 Å². The highest BCUT2D eigenvalue weighted by atomic mass is 32.1. The third-order valence-electron chi connectivity index (χ3n) is 3.27. The molecule has 0 spiro atoms. The molecule has 1 aromatic heterocycles. The van der Waals surface area contributed by atoms with Crippen LogP contribution < -0.4 is 10.1 Å². The molecule has 1 N–H and O–H groups in total. The molecule has 0 aliphatic carbocycles. The smallest absolute Gasteiger partial charge is 0.201 e. The average molecular weight is 305 g/mol. The summed E-state index contributed by atoms with van der Waals surface area (Å²) in [5.41, 5.74) is 3.41. The molecule has 3 rings (SSSR count). The number of ether oxygens (including phenoxy) is 2. The number of nitrogens with one attached hydrogen (secondary N) is 1. The molecule has 3 nitrogen and oxygen atoms in total. The molecule has 0 bridgehead atoms. The van der Waals surface area contributed by atoms with E-state index in [1.165, 1.54) is 10.4 Å². The Morgan fingerprint density at radius 3 is 3.05 bits per heavy atom. The van der Waals surface area contributed by atoms with Crippen molar-refractivity contribution in [1.82, 2.24) is 0 Å². The first kappa shape index (κ1) is 13.4. The number of rotatable bonds is 3. The van der Waals surface area contributed by atoms with Crippen LogP contribution in [0.15, 0.2) is 24.3 Å². The summed E-state index contributed by atoms with van der Waals surface area (Å²) in [6.45, 7) is 2.85. The zero-order chi connectivity index (χ0) is 14.1. The van der Waals surface area contributed by atoms with Crippen molar-refractivity contribution in [3.05, 3.63) is 39.6 Å². The quantitative estimate of drug-likeness (QED) is 0.866. The fourth-order valence-corrected chi connectivity index (χ4v) is 3.30. The monoisotopic (exact) mass is 305 g/mol. The summed E-state index contributed by atoms with van der Waals surface area (Å²) < 4.78 is 10.6. The molecule has 1 aromatic carbocycles. The minimum atomic E-state index is 0.536. The number of benzene rings is 1. The van der Waals surface area contributed by atoms with E-state index in [1.807, 2.05) is 18.2 Å². The van der Waals surface area contributed by atoms with Crippen LogP contribution in [0, 0.1) is 6.92 Å². The molecule has 2 heterocycles. The van der Waals surface area contributed by atoms with Crippen molar-refractivity contribution in [3.8, 4) is 5.75 Å². The lowest BCUT2D eigenvalue weighted by molar-refractivity contribution is 0.357. The lowest BCUT2D eigenvalue weighted by atomic mass is 10.1. The maximum atomic E-state index is 5.52. The molecule has 0 unspecified atom stereocenters. The van der Waals surface area contributed by atoms with Crippen molar-refractivity contribution >= 4 is 40.0 Å². The topological polar surface area (TPSA) is 30.5 Å². The van der Waals surface area contributed by atoms with Gasteiger partial charge < -0.3 is 14.8 Å². The van der Waals surface area contributed by atoms with Crippen LogP contribution >= 0.6 is 23.6 Å². The highest BCUT2D eigenvalue weighted by Gasteiger charge is 2.14.